The van der Waals surface area contributed by atoms with Gasteiger partial charge in [0.25, 0.3) is 23.4 Å². The number of carbonyl (C=O) groups excluding carboxylic acids is 3. The summed E-state index contributed by atoms with van der Waals surface area (Å²) >= 11 is 0. The van der Waals surface area contributed by atoms with E-state index in [2.05, 4.69) is 5.32 Å². The fourth-order valence-corrected chi connectivity index (χ4v) is 4.06. The van der Waals surface area contributed by atoms with Crippen molar-refractivity contribution in [2.45, 2.75) is 13.3 Å². The summed E-state index contributed by atoms with van der Waals surface area (Å²) in [5.74, 6) is -0.348. The Morgan fingerprint density at radius 3 is 2.39 bits per heavy atom. The number of rotatable bonds is 8. The highest BCUT2D eigenvalue weighted by Crippen LogP contribution is 2.30. The Balaban J connectivity index is 1.50. The predicted molar refractivity (Wildman–Crippen MR) is 131 cm³/mol. The van der Waals surface area contributed by atoms with Crippen molar-refractivity contribution in [1.29, 1.82) is 0 Å². The third-order valence-corrected chi connectivity index (χ3v) is 6.06. The third kappa shape index (κ3) is 4.48. The molecule has 0 bridgehead atoms. The molecule has 3 aromatic rings. The summed E-state index contributed by atoms with van der Waals surface area (Å²) < 4.78 is 10.5. The van der Waals surface area contributed by atoms with Crippen LogP contribution in [0, 0.1) is 17.0 Å². The van der Waals surface area contributed by atoms with Crippen LogP contribution in [0.1, 0.15) is 42.2 Å². The number of anilines is 1. The summed E-state index contributed by atoms with van der Waals surface area (Å²) in [4.78, 5) is 50.5. The van der Waals surface area contributed by atoms with E-state index in [0.29, 0.717) is 23.5 Å². The van der Waals surface area contributed by atoms with E-state index in [1.807, 2.05) is 6.07 Å². The molecule has 3 amide bonds. The number of nitro benzene ring substituents is 1. The molecule has 36 heavy (non-hydrogen) atoms. The van der Waals surface area contributed by atoms with Gasteiger partial charge in [-0.1, -0.05) is 12.1 Å². The third-order valence-electron chi connectivity index (χ3n) is 6.06. The lowest BCUT2D eigenvalue weighted by Crippen LogP contribution is -2.31. The maximum atomic E-state index is 13.0. The van der Waals surface area contributed by atoms with E-state index in [4.69, 9.17) is 9.47 Å². The van der Waals surface area contributed by atoms with Gasteiger partial charge < -0.3 is 14.8 Å². The number of imide groups is 1. The number of benzene rings is 3. The van der Waals surface area contributed by atoms with Crippen LogP contribution in [0.15, 0.2) is 54.6 Å². The van der Waals surface area contributed by atoms with E-state index >= 15 is 0 Å². The highest BCUT2D eigenvalue weighted by molar-refractivity contribution is 6.22. The number of nitrogens with one attached hydrogen (secondary N) is 1. The van der Waals surface area contributed by atoms with Crippen LogP contribution in [0.2, 0.25) is 0 Å². The van der Waals surface area contributed by atoms with Gasteiger partial charge in [-0.25, -0.2) is 0 Å². The molecular formula is C26H23N3O7. The first-order valence-electron chi connectivity index (χ1n) is 11.0. The molecule has 0 aliphatic carbocycles. The molecule has 3 aromatic carbocycles. The van der Waals surface area contributed by atoms with Gasteiger partial charge in [0.15, 0.2) is 11.5 Å². The van der Waals surface area contributed by atoms with Crippen molar-refractivity contribution in [1.82, 2.24) is 4.90 Å². The molecule has 0 saturated heterocycles. The number of ether oxygens (including phenoxy) is 2. The number of amides is 3. The van der Waals surface area contributed by atoms with Gasteiger partial charge >= 0.3 is 0 Å². The molecule has 0 spiro atoms. The predicted octanol–water partition coefficient (Wildman–Crippen LogP) is 4.01. The first kappa shape index (κ1) is 24.4. The first-order chi connectivity index (χ1) is 17.2. The Bertz CT molecular complexity index is 1400. The number of methoxy groups -OCH3 is 2. The van der Waals surface area contributed by atoms with Gasteiger partial charge in [-0.3, -0.25) is 29.4 Å². The molecule has 1 aliphatic rings. The standard InChI is InChI=1S/C26H23N3O7/c1-15-20(5-4-6-21(15)29(33)34)27-24(30)17-8-9-18-19(14-17)26(32)28(25(18)31)12-11-16-7-10-22(35-2)23(13-16)36-3/h4-10,13-14H,11-12H2,1-3H3,(H,27,30). The van der Waals surface area contributed by atoms with Crippen molar-refractivity contribution in [2.24, 2.45) is 0 Å². The molecule has 10 nitrogen and oxygen atoms in total. The van der Waals surface area contributed by atoms with Crippen LogP contribution in [-0.4, -0.2) is 48.3 Å². The molecule has 1 aliphatic heterocycles. The monoisotopic (exact) mass is 489 g/mol. The molecule has 184 valence electrons. The molecule has 1 heterocycles. The fourth-order valence-electron chi connectivity index (χ4n) is 4.06. The zero-order valence-corrected chi connectivity index (χ0v) is 19.9. The SMILES string of the molecule is COc1ccc(CCN2C(=O)c3ccc(C(=O)Nc4cccc([N+](=O)[O-])c4C)cc3C2=O)cc1OC. The molecular weight excluding hydrogens is 466 g/mol. The van der Waals surface area contributed by atoms with Gasteiger partial charge in [0.05, 0.1) is 41.5 Å². The number of hydrogen-bond acceptors (Lipinski definition) is 7. The minimum atomic E-state index is -0.551. The molecule has 10 heteroatoms. The van der Waals surface area contributed by atoms with Crippen LogP contribution in [0.3, 0.4) is 0 Å². The average Bonchev–Trinajstić information content (AvgIpc) is 3.12. The lowest BCUT2D eigenvalue weighted by molar-refractivity contribution is -0.385. The van der Waals surface area contributed by atoms with Crippen LogP contribution in [0.4, 0.5) is 11.4 Å². The molecule has 0 fully saturated rings. The molecule has 4 rings (SSSR count). The van der Waals surface area contributed by atoms with Crippen molar-refractivity contribution >= 4 is 29.1 Å². The molecule has 0 atom stereocenters. The topological polar surface area (TPSA) is 128 Å². The number of nitro groups is 1. The van der Waals surface area contributed by atoms with E-state index in [0.717, 1.165) is 10.5 Å². The van der Waals surface area contributed by atoms with Gasteiger partial charge in [0, 0.05) is 18.2 Å². The van der Waals surface area contributed by atoms with Crippen molar-refractivity contribution in [3.63, 3.8) is 0 Å². The fraction of sp³-hybridized carbons (Fsp3) is 0.192. The number of hydrogen-bond donors (Lipinski definition) is 1. The Hall–Kier alpha value is -4.73. The number of nitrogens with zero attached hydrogens (tertiary/aromatic N) is 2. The molecule has 0 unspecified atom stereocenters. The van der Waals surface area contributed by atoms with E-state index in [1.54, 1.807) is 18.2 Å². The van der Waals surface area contributed by atoms with Gasteiger partial charge in [-0.15, -0.1) is 0 Å². The van der Waals surface area contributed by atoms with E-state index < -0.39 is 22.6 Å². The Morgan fingerprint density at radius 1 is 0.972 bits per heavy atom. The summed E-state index contributed by atoms with van der Waals surface area (Å²) in [6, 6.07) is 14.0. The largest absolute Gasteiger partial charge is 0.493 e. The lowest BCUT2D eigenvalue weighted by Gasteiger charge is -2.14. The summed E-state index contributed by atoms with van der Waals surface area (Å²) in [5.41, 5.74) is 1.84. The second-order valence-corrected chi connectivity index (χ2v) is 8.12. The smallest absolute Gasteiger partial charge is 0.274 e. The van der Waals surface area contributed by atoms with Crippen molar-refractivity contribution in [3.05, 3.63) is 92.5 Å². The number of carbonyl (C=O) groups is 3. The summed E-state index contributed by atoms with van der Waals surface area (Å²) in [6.45, 7) is 1.69. The van der Waals surface area contributed by atoms with Crippen molar-refractivity contribution in [3.8, 4) is 11.5 Å². The van der Waals surface area contributed by atoms with Crippen LogP contribution in [0.5, 0.6) is 11.5 Å². The maximum Gasteiger partial charge on any atom is 0.274 e. The Kier molecular flexibility index (Phi) is 6.69. The first-order valence-corrected chi connectivity index (χ1v) is 11.0. The highest BCUT2D eigenvalue weighted by atomic mass is 16.6. The normalized spacial score (nSPS) is 12.4. The van der Waals surface area contributed by atoms with Gasteiger partial charge in [0.1, 0.15) is 0 Å². The lowest BCUT2D eigenvalue weighted by atomic mass is 10.0. The van der Waals surface area contributed by atoms with Crippen molar-refractivity contribution in [2.75, 3.05) is 26.1 Å². The minimum Gasteiger partial charge on any atom is -0.493 e. The summed E-state index contributed by atoms with van der Waals surface area (Å²) in [6.07, 6.45) is 0.408. The maximum absolute atomic E-state index is 13.0. The second-order valence-electron chi connectivity index (χ2n) is 8.12. The molecule has 1 N–H and O–H groups in total. The second kappa shape index (κ2) is 9.87. The average molecular weight is 489 g/mol. The van der Waals surface area contributed by atoms with Crippen LogP contribution in [0.25, 0.3) is 0 Å². The highest BCUT2D eigenvalue weighted by Gasteiger charge is 2.35. The zero-order chi connectivity index (χ0) is 26.0. The molecule has 0 saturated carbocycles. The van der Waals surface area contributed by atoms with Gasteiger partial charge in [0.2, 0.25) is 0 Å². The van der Waals surface area contributed by atoms with E-state index in [9.17, 15) is 24.5 Å². The summed E-state index contributed by atoms with van der Waals surface area (Å²) in [5, 5.41) is 13.8. The van der Waals surface area contributed by atoms with E-state index in [-0.39, 0.29) is 34.6 Å². The van der Waals surface area contributed by atoms with Gasteiger partial charge in [-0.2, -0.15) is 0 Å². The number of fused-ring (bicyclic) bond motifs is 1. The molecule has 0 radical (unpaired) electrons. The zero-order valence-electron chi connectivity index (χ0n) is 19.9. The van der Waals surface area contributed by atoms with Gasteiger partial charge in [-0.05, 0) is 55.3 Å². The van der Waals surface area contributed by atoms with Crippen LogP contribution < -0.4 is 14.8 Å². The quantitative estimate of drug-likeness (QED) is 0.288. The minimum absolute atomic E-state index is 0.118. The van der Waals surface area contributed by atoms with E-state index in [1.165, 1.54) is 51.5 Å². The van der Waals surface area contributed by atoms with Crippen molar-refractivity contribution < 1.29 is 28.8 Å². The van der Waals surface area contributed by atoms with Crippen LogP contribution >= 0.6 is 0 Å². The van der Waals surface area contributed by atoms with Crippen LogP contribution in [-0.2, 0) is 6.42 Å². The Labute approximate surface area is 206 Å². The summed E-state index contributed by atoms with van der Waals surface area (Å²) in [7, 11) is 3.07. The molecule has 0 aromatic heterocycles. The Morgan fingerprint density at radius 2 is 1.69 bits per heavy atom.